The molecule has 0 spiro atoms. The Bertz CT molecular complexity index is 494. The van der Waals surface area contributed by atoms with Crippen LogP contribution in [0.2, 0.25) is 0 Å². The molecule has 5 saturated carbocycles. The summed E-state index contributed by atoms with van der Waals surface area (Å²) in [5, 5.41) is 4.20. The highest BCUT2D eigenvalue weighted by Gasteiger charge is 2.50. The lowest BCUT2D eigenvalue weighted by Gasteiger charge is -2.53. The van der Waals surface area contributed by atoms with Crippen LogP contribution in [-0.4, -0.2) is 10.1 Å². The molecule has 4 nitrogen and oxygen atoms in total. The van der Waals surface area contributed by atoms with Crippen molar-refractivity contribution in [3.8, 4) is 0 Å². The van der Waals surface area contributed by atoms with Crippen LogP contribution in [0.4, 0.5) is 0 Å². The predicted molar refractivity (Wildman–Crippen MR) is 73.7 cm³/mol. The van der Waals surface area contributed by atoms with Crippen molar-refractivity contribution in [2.24, 2.45) is 35.3 Å². The predicted octanol–water partition coefficient (Wildman–Crippen LogP) is 3.02. The maximum atomic E-state index is 6.20. The normalized spacial score (nSPS) is 44.0. The molecule has 5 aliphatic rings. The van der Waals surface area contributed by atoms with Crippen LogP contribution >= 0.6 is 0 Å². The Morgan fingerprint density at radius 2 is 1.65 bits per heavy atom. The van der Waals surface area contributed by atoms with Gasteiger partial charge in [-0.25, -0.2) is 0 Å². The molecule has 2 N–H and O–H groups in total. The fourth-order valence-electron chi connectivity index (χ4n) is 5.51. The Hall–Kier alpha value is -0.900. The SMILES string of the molecule is NC(c1noc(C2C3CC4CC(C3)CC2C4)n1)C1CC1. The zero-order valence-electron chi connectivity index (χ0n) is 11.9. The quantitative estimate of drug-likeness (QED) is 0.919. The average Bonchev–Trinajstić information content (AvgIpc) is 3.16. The van der Waals surface area contributed by atoms with E-state index in [1.165, 1.54) is 44.9 Å². The fraction of sp³-hybridized carbons (Fsp3) is 0.875. The maximum absolute atomic E-state index is 6.20. The van der Waals surface area contributed by atoms with Gasteiger partial charge in [0.05, 0.1) is 6.04 Å². The van der Waals surface area contributed by atoms with Crippen molar-refractivity contribution < 1.29 is 4.52 Å². The molecule has 1 heterocycles. The molecular formula is C16H23N3O. The fourth-order valence-corrected chi connectivity index (χ4v) is 5.51. The van der Waals surface area contributed by atoms with Gasteiger partial charge in [-0.15, -0.1) is 0 Å². The maximum Gasteiger partial charge on any atom is 0.230 e. The van der Waals surface area contributed by atoms with E-state index in [4.69, 9.17) is 15.2 Å². The summed E-state index contributed by atoms with van der Waals surface area (Å²) in [6.45, 7) is 0. The van der Waals surface area contributed by atoms with Crippen LogP contribution in [0, 0.1) is 29.6 Å². The minimum atomic E-state index is 0.00401. The van der Waals surface area contributed by atoms with Gasteiger partial charge in [-0.05, 0) is 74.5 Å². The van der Waals surface area contributed by atoms with E-state index in [1.54, 1.807) is 0 Å². The number of hydrogen-bond donors (Lipinski definition) is 1. The molecule has 1 aromatic rings. The van der Waals surface area contributed by atoms with E-state index in [1.807, 2.05) is 0 Å². The second-order valence-corrected chi connectivity index (χ2v) is 7.81. The van der Waals surface area contributed by atoms with Crippen LogP contribution in [0.1, 0.15) is 68.6 Å². The third-order valence-corrected chi connectivity index (χ3v) is 6.40. The molecule has 108 valence electrons. The summed E-state index contributed by atoms with van der Waals surface area (Å²) in [5.74, 6) is 6.39. The van der Waals surface area contributed by atoms with Crippen LogP contribution in [-0.2, 0) is 0 Å². The van der Waals surface area contributed by atoms with E-state index in [9.17, 15) is 0 Å². The second kappa shape index (κ2) is 4.06. The first-order valence-corrected chi connectivity index (χ1v) is 8.37. The molecule has 20 heavy (non-hydrogen) atoms. The van der Waals surface area contributed by atoms with Crippen LogP contribution in [0.25, 0.3) is 0 Å². The number of rotatable bonds is 3. The lowest BCUT2D eigenvalue weighted by atomic mass is 9.52. The minimum absolute atomic E-state index is 0.00401. The molecule has 6 rings (SSSR count). The van der Waals surface area contributed by atoms with E-state index in [0.29, 0.717) is 11.8 Å². The van der Waals surface area contributed by atoms with Crippen LogP contribution in [0.3, 0.4) is 0 Å². The summed E-state index contributed by atoms with van der Waals surface area (Å²) >= 11 is 0. The Morgan fingerprint density at radius 1 is 1.00 bits per heavy atom. The van der Waals surface area contributed by atoms with Crippen LogP contribution < -0.4 is 5.73 Å². The van der Waals surface area contributed by atoms with Gasteiger partial charge in [0.25, 0.3) is 0 Å². The van der Waals surface area contributed by atoms with Gasteiger partial charge in [0, 0.05) is 5.92 Å². The van der Waals surface area contributed by atoms with E-state index >= 15 is 0 Å². The van der Waals surface area contributed by atoms with Crippen molar-refractivity contribution in [2.45, 2.75) is 56.9 Å². The van der Waals surface area contributed by atoms with E-state index < -0.39 is 0 Å². The van der Waals surface area contributed by atoms with Gasteiger partial charge < -0.3 is 10.3 Å². The summed E-state index contributed by atoms with van der Waals surface area (Å²) in [6.07, 6.45) is 9.51. The van der Waals surface area contributed by atoms with Gasteiger partial charge in [-0.1, -0.05) is 5.16 Å². The lowest BCUT2D eigenvalue weighted by molar-refractivity contribution is -0.0131. The number of hydrogen-bond acceptors (Lipinski definition) is 4. The number of nitrogens with two attached hydrogens (primary N) is 1. The third kappa shape index (κ3) is 1.70. The Labute approximate surface area is 119 Å². The summed E-state index contributed by atoms with van der Waals surface area (Å²) in [4.78, 5) is 4.71. The molecule has 4 bridgehead atoms. The Kier molecular flexibility index (Phi) is 2.38. The molecule has 4 heteroatoms. The van der Waals surface area contributed by atoms with E-state index in [-0.39, 0.29) is 6.04 Å². The Morgan fingerprint density at radius 3 is 2.25 bits per heavy atom. The zero-order valence-corrected chi connectivity index (χ0v) is 11.9. The summed E-state index contributed by atoms with van der Waals surface area (Å²) in [7, 11) is 0. The van der Waals surface area contributed by atoms with Gasteiger partial charge >= 0.3 is 0 Å². The van der Waals surface area contributed by atoms with Crippen molar-refractivity contribution in [2.75, 3.05) is 0 Å². The van der Waals surface area contributed by atoms with Crippen molar-refractivity contribution in [3.05, 3.63) is 11.7 Å². The molecule has 0 amide bonds. The van der Waals surface area contributed by atoms with Crippen LogP contribution in [0.5, 0.6) is 0 Å². The molecule has 0 aliphatic heterocycles. The van der Waals surface area contributed by atoms with Gasteiger partial charge in [-0.3, -0.25) is 0 Å². The van der Waals surface area contributed by atoms with Gasteiger partial charge in [0.2, 0.25) is 5.89 Å². The van der Waals surface area contributed by atoms with Crippen molar-refractivity contribution in [1.82, 2.24) is 10.1 Å². The molecule has 0 radical (unpaired) electrons. The molecule has 5 fully saturated rings. The van der Waals surface area contributed by atoms with Crippen LogP contribution in [0.15, 0.2) is 4.52 Å². The standard InChI is InChI=1S/C16H23N3O/c17-14(10-1-2-10)15-18-16(20-19-15)13-11-4-8-3-9(6-11)7-12(13)5-8/h8-14H,1-7,17H2. The first kappa shape index (κ1) is 11.7. The molecule has 0 aromatic carbocycles. The first-order valence-electron chi connectivity index (χ1n) is 8.37. The molecule has 1 unspecified atom stereocenters. The third-order valence-electron chi connectivity index (χ3n) is 6.40. The monoisotopic (exact) mass is 273 g/mol. The highest BCUT2D eigenvalue weighted by atomic mass is 16.5. The topological polar surface area (TPSA) is 64.9 Å². The number of nitrogens with zero attached hydrogens (tertiary/aromatic N) is 2. The molecular weight excluding hydrogens is 250 g/mol. The van der Waals surface area contributed by atoms with Gasteiger partial charge in [0.1, 0.15) is 0 Å². The lowest BCUT2D eigenvalue weighted by Crippen LogP contribution is -2.43. The van der Waals surface area contributed by atoms with Crippen molar-refractivity contribution in [1.29, 1.82) is 0 Å². The highest BCUT2D eigenvalue weighted by molar-refractivity contribution is 5.10. The largest absolute Gasteiger partial charge is 0.339 e. The summed E-state index contributed by atoms with van der Waals surface area (Å²) in [5.41, 5.74) is 6.20. The van der Waals surface area contributed by atoms with Gasteiger partial charge in [-0.2, -0.15) is 4.98 Å². The molecule has 1 aromatic heterocycles. The molecule has 5 aliphatic carbocycles. The highest BCUT2D eigenvalue weighted by Crippen LogP contribution is 2.59. The van der Waals surface area contributed by atoms with Crippen molar-refractivity contribution in [3.63, 3.8) is 0 Å². The first-order chi connectivity index (χ1) is 9.78. The Balaban J connectivity index is 1.42. The van der Waals surface area contributed by atoms with E-state index in [0.717, 1.165) is 35.4 Å². The number of aromatic nitrogens is 2. The second-order valence-electron chi connectivity index (χ2n) is 7.81. The summed E-state index contributed by atoms with van der Waals surface area (Å²) < 4.78 is 5.65. The molecule has 0 saturated heterocycles. The minimum Gasteiger partial charge on any atom is -0.339 e. The van der Waals surface area contributed by atoms with E-state index in [2.05, 4.69) is 5.16 Å². The average molecular weight is 273 g/mol. The van der Waals surface area contributed by atoms with Gasteiger partial charge in [0.15, 0.2) is 5.82 Å². The summed E-state index contributed by atoms with van der Waals surface area (Å²) in [6, 6.07) is 0.00401. The zero-order chi connectivity index (χ0) is 13.3. The van der Waals surface area contributed by atoms with Crippen molar-refractivity contribution >= 4 is 0 Å². The molecule has 1 atom stereocenters. The smallest absolute Gasteiger partial charge is 0.230 e.